The van der Waals surface area contributed by atoms with E-state index in [9.17, 15) is 18.0 Å². The Kier molecular flexibility index (Phi) is 5.20. The van der Waals surface area contributed by atoms with E-state index >= 15 is 0 Å². The molecule has 0 amide bonds. The summed E-state index contributed by atoms with van der Waals surface area (Å²) in [5.41, 5.74) is -0.0330. The molecule has 19 heavy (non-hydrogen) atoms. The minimum atomic E-state index is -4.91. The van der Waals surface area contributed by atoms with Crippen LogP contribution in [-0.2, 0) is 16.0 Å². The van der Waals surface area contributed by atoms with Crippen LogP contribution < -0.4 is 9.47 Å². The molecular weight excluding hydrogens is 382 g/mol. The van der Waals surface area contributed by atoms with Crippen LogP contribution in [0.25, 0.3) is 0 Å². The Morgan fingerprint density at radius 2 is 2.00 bits per heavy atom. The van der Waals surface area contributed by atoms with Gasteiger partial charge in [-0.15, -0.1) is 13.2 Å². The quantitative estimate of drug-likeness (QED) is 0.583. The topological polar surface area (TPSA) is 57.7 Å². The van der Waals surface area contributed by atoms with Crippen molar-refractivity contribution in [1.29, 1.82) is 0 Å². The van der Waals surface area contributed by atoms with E-state index in [0.29, 0.717) is 3.57 Å². The summed E-state index contributed by atoms with van der Waals surface area (Å²) >= 11 is 1.82. The van der Waals surface area contributed by atoms with Crippen molar-refractivity contribution in [3.63, 3.8) is 0 Å². The fourth-order valence-electron chi connectivity index (χ4n) is 1.19. The summed E-state index contributed by atoms with van der Waals surface area (Å²) in [6, 6.07) is 1.32. The standard InChI is InChI=1S/C10H9F3INO4/c1-17-7(16)4-5-3-6(14)9(18-2)15-8(5)19-10(11,12)13/h3H,4H2,1-2H3. The van der Waals surface area contributed by atoms with Gasteiger partial charge in [-0.2, -0.15) is 4.98 Å². The van der Waals surface area contributed by atoms with Crippen LogP contribution in [-0.4, -0.2) is 31.5 Å². The van der Waals surface area contributed by atoms with Gasteiger partial charge in [-0.3, -0.25) is 4.79 Å². The van der Waals surface area contributed by atoms with Crippen molar-refractivity contribution >= 4 is 28.6 Å². The van der Waals surface area contributed by atoms with Gasteiger partial charge < -0.3 is 14.2 Å². The molecule has 1 aromatic heterocycles. The third-order valence-electron chi connectivity index (χ3n) is 1.95. The molecular formula is C10H9F3INO4. The second-order valence-corrected chi connectivity index (χ2v) is 4.41. The fourth-order valence-corrected chi connectivity index (χ4v) is 1.91. The highest BCUT2D eigenvalue weighted by atomic mass is 127. The summed E-state index contributed by atoms with van der Waals surface area (Å²) in [5.74, 6) is -1.45. The van der Waals surface area contributed by atoms with Gasteiger partial charge in [0, 0.05) is 5.56 Å². The van der Waals surface area contributed by atoms with Crippen molar-refractivity contribution in [2.75, 3.05) is 14.2 Å². The number of carbonyl (C=O) groups is 1. The van der Waals surface area contributed by atoms with E-state index in [1.54, 1.807) is 0 Å². The average Bonchev–Trinajstić information content (AvgIpc) is 2.30. The molecule has 1 rings (SSSR count). The Labute approximate surface area is 120 Å². The van der Waals surface area contributed by atoms with Gasteiger partial charge in [0.25, 0.3) is 0 Å². The van der Waals surface area contributed by atoms with E-state index in [1.807, 2.05) is 22.6 Å². The number of aromatic nitrogens is 1. The van der Waals surface area contributed by atoms with E-state index in [0.717, 1.165) is 7.11 Å². The largest absolute Gasteiger partial charge is 0.574 e. The first-order valence-electron chi connectivity index (χ1n) is 4.82. The Morgan fingerprint density at radius 3 is 2.47 bits per heavy atom. The molecule has 1 heterocycles. The van der Waals surface area contributed by atoms with Crippen molar-refractivity contribution in [2.24, 2.45) is 0 Å². The van der Waals surface area contributed by atoms with Gasteiger partial charge in [-0.1, -0.05) is 0 Å². The fraction of sp³-hybridized carbons (Fsp3) is 0.400. The molecule has 0 bridgehead atoms. The summed E-state index contributed by atoms with van der Waals surface area (Å²) in [5, 5.41) is 0. The molecule has 0 aliphatic rings. The number of nitrogens with zero attached hydrogens (tertiary/aromatic N) is 1. The third kappa shape index (κ3) is 4.73. The van der Waals surface area contributed by atoms with Crippen LogP contribution in [0, 0.1) is 3.57 Å². The Morgan fingerprint density at radius 1 is 1.37 bits per heavy atom. The first-order valence-corrected chi connectivity index (χ1v) is 5.90. The highest BCUT2D eigenvalue weighted by molar-refractivity contribution is 14.1. The van der Waals surface area contributed by atoms with Crippen LogP contribution in [0.4, 0.5) is 13.2 Å². The number of alkyl halides is 3. The minimum Gasteiger partial charge on any atom is -0.480 e. The molecule has 0 atom stereocenters. The molecule has 9 heteroatoms. The number of carbonyl (C=O) groups excluding carboxylic acids is 1. The Bertz CT molecular complexity index is 479. The van der Waals surface area contributed by atoms with Crippen molar-refractivity contribution < 1.29 is 32.2 Å². The minimum absolute atomic E-state index is 0.0199. The lowest BCUT2D eigenvalue weighted by molar-refractivity contribution is -0.276. The lowest BCUT2D eigenvalue weighted by Gasteiger charge is -2.13. The predicted molar refractivity (Wildman–Crippen MR) is 65.9 cm³/mol. The van der Waals surface area contributed by atoms with E-state index in [2.05, 4.69) is 14.5 Å². The molecule has 1 aromatic rings. The number of hydrogen-bond donors (Lipinski definition) is 0. The summed E-state index contributed by atoms with van der Waals surface area (Å²) in [6.07, 6.45) is -5.29. The van der Waals surface area contributed by atoms with Crippen LogP contribution in [0.1, 0.15) is 5.56 Å². The molecule has 0 spiro atoms. The smallest absolute Gasteiger partial charge is 0.480 e. The molecule has 5 nitrogen and oxygen atoms in total. The van der Waals surface area contributed by atoms with E-state index < -0.39 is 18.2 Å². The third-order valence-corrected chi connectivity index (χ3v) is 2.72. The maximum Gasteiger partial charge on any atom is 0.574 e. The van der Waals surface area contributed by atoms with Gasteiger partial charge in [0.2, 0.25) is 11.8 Å². The molecule has 0 aliphatic carbocycles. The number of ether oxygens (including phenoxy) is 3. The zero-order valence-electron chi connectivity index (χ0n) is 9.88. The van der Waals surface area contributed by atoms with Gasteiger partial charge in [0.1, 0.15) is 0 Å². The average molecular weight is 391 g/mol. The van der Waals surface area contributed by atoms with Gasteiger partial charge >= 0.3 is 12.3 Å². The van der Waals surface area contributed by atoms with Crippen molar-refractivity contribution in [1.82, 2.24) is 4.98 Å². The molecule has 0 aliphatic heterocycles. The second kappa shape index (κ2) is 6.26. The summed E-state index contributed by atoms with van der Waals surface area (Å²) < 4.78 is 50.2. The number of halogens is 4. The van der Waals surface area contributed by atoms with Crippen molar-refractivity contribution in [2.45, 2.75) is 12.8 Å². The molecule has 0 N–H and O–H groups in total. The molecule has 0 fully saturated rings. The molecule has 106 valence electrons. The highest BCUT2D eigenvalue weighted by Crippen LogP contribution is 2.30. The number of hydrogen-bond acceptors (Lipinski definition) is 5. The molecule has 0 saturated heterocycles. The first kappa shape index (κ1) is 15.8. The summed E-state index contributed by atoms with van der Waals surface area (Å²) in [7, 11) is 2.40. The zero-order valence-corrected chi connectivity index (χ0v) is 12.0. The maximum atomic E-state index is 12.3. The lowest BCUT2D eigenvalue weighted by atomic mass is 10.2. The van der Waals surface area contributed by atoms with Gasteiger partial charge in [-0.05, 0) is 28.7 Å². The lowest BCUT2D eigenvalue weighted by Crippen LogP contribution is -2.20. The van der Waals surface area contributed by atoms with Crippen LogP contribution >= 0.6 is 22.6 Å². The second-order valence-electron chi connectivity index (χ2n) is 3.24. The van der Waals surface area contributed by atoms with Crippen LogP contribution in [0.5, 0.6) is 11.8 Å². The maximum absolute atomic E-state index is 12.3. The van der Waals surface area contributed by atoms with Crippen LogP contribution in [0.3, 0.4) is 0 Å². The van der Waals surface area contributed by atoms with Crippen LogP contribution in [0.2, 0.25) is 0 Å². The number of rotatable bonds is 4. The zero-order chi connectivity index (χ0) is 14.6. The summed E-state index contributed by atoms with van der Waals surface area (Å²) in [6.45, 7) is 0. The van der Waals surface area contributed by atoms with Gasteiger partial charge in [0.15, 0.2) is 0 Å². The van der Waals surface area contributed by atoms with Crippen molar-refractivity contribution in [3.05, 3.63) is 15.2 Å². The molecule has 0 radical (unpaired) electrons. The number of methoxy groups -OCH3 is 2. The van der Waals surface area contributed by atoms with Crippen LogP contribution in [0.15, 0.2) is 6.07 Å². The highest BCUT2D eigenvalue weighted by Gasteiger charge is 2.33. The number of pyridine rings is 1. The molecule has 0 unspecified atom stereocenters. The monoisotopic (exact) mass is 391 g/mol. The Hall–Kier alpha value is -1.26. The van der Waals surface area contributed by atoms with E-state index in [1.165, 1.54) is 13.2 Å². The first-order chi connectivity index (χ1) is 8.76. The number of esters is 1. The van der Waals surface area contributed by atoms with Gasteiger partial charge in [-0.25, -0.2) is 0 Å². The molecule has 0 aromatic carbocycles. The van der Waals surface area contributed by atoms with E-state index in [-0.39, 0.29) is 17.9 Å². The van der Waals surface area contributed by atoms with Gasteiger partial charge in [0.05, 0.1) is 24.2 Å². The normalized spacial score (nSPS) is 11.1. The summed E-state index contributed by atoms with van der Waals surface area (Å²) in [4.78, 5) is 14.7. The predicted octanol–water partition coefficient (Wildman–Crippen LogP) is 2.31. The van der Waals surface area contributed by atoms with Crippen molar-refractivity contribution in [3.8, 4) is 11.8 Å². The Balaban J connectivity index is 3.18. The SMILES string of the molecule is COC(=O)Cc1cc(I)c(OC)nc1OC(F)(F)F. The van der Waals surface area contributed by atoms with E-state index in [4.69, 9.17) is 4.74 Å². The molecule has 0 saturated carbocycles.